The molecule has 1 aromatic rings. The maximum atomic E-state index is 13.2. The number of hydrogen-bond acceptors (Lipinski definition) is 3. The number of benzene rings is 1. The maximum absolute atomic E-state index is 13.2. The highest BCUT2D eigenvalue weighted by Gasteiger charge is 2.45. The van der Waals surface area contributed by atoms with Gasteiger partial charge < -0.3 is 10.1 Å². The molecule has 124 valence electrons. The summed E-state index contributed by atoms with van der Waals surface area (Å²) in [5.41, 5.74) is -0.0270. The van der Waals surface area contributed by atoms with Crippen LogP contribution in [0, 0.1) is 5.82 Å². The van der Waals surface area contributed by atoms with Crippen molar-refractivity contribution >= 4 is 11.9 Å². The van der Waals surface area contributed by atoms with Crippen LogP contribution in [0.15, 0.2) is 36.9 Å². The Morgan fingerprint density at radius 2 is 1.96 bits per heavy atom. The Morgan fingerprint density at radius 1 is 1.35 bits per heavy atom. The molecule has 2 rings (SSSR count). The molecule has 1 amide bonds. The van der Waals surface area contributed by atoms with E-state index < -0.39 is 17.5 Å². The Morgan fingerprint density at radius 3 is 2.52 bits per heavy atom. The van der Waals surface area contributed by atoms with Crippen molar-refractivity contribution in [1.82, 2.24) is 5.32 Å². The predicted octanol–water partition coefficient (Wildman–Crippen LogP) is 2.87. The molecule has 0 saturated heterocycles. The molecule has 1 aliphatic carbocycles. The Hall–Kier alpha value is -2.17. The first-order valence-electron chi connectivity index (χ1n) is 7.85. The molecule has 0 aliphatic heterocycles. The van der Waals surface area contributed by atoms with Gasteiger partial charge in [-0.2, -0.15) is 0 Å². The normalized spacial score (nSPS) is 17.3. The first kappa shape index (κ1) is 17.2. The summed E-state index contributed by atoms with van der Waals surface area (Å²) in [6, 6.07) is 5.96. The van der Waals surface area contributed by atoms with Gasteiger partial charge in [-0.1, -0.05) is 31.1 Å². The summed E-state index contributed by atoms with van der Waals surface area (Å²) in [6.45, 7) is 5.39. The number of nitrogens with one attached hydrogen (secondary N) is 1. The van der Waals surface area contributed by atoms with Gasteiger partial charge in [0.1, 0.15) is 5.82 Å². The number of rotatable bonds is 6. The lowest BCUT2D eigenvalue weighted by Crippen LogP contribution is -2.41. The second-order valence-corrected chi connectivity index (χ2v) is 5.88. The third kappa shape index (κ3) is 3.78. The molecule has 4 nitrogen and oxygen atoms in total. The van der Waals surface area contributed by atoms with Crippen LogP contribution in [0.2, 0.25) is 0 Å². The van der Waals surface area contributed by atoms with Gasteiger partial charge in [-0.15, -0.1) is 6.58 Å². The van der Waals surface area contributed by atoms with Crippen LogP contribution in [-0.4, -0.2) is 24.5 Å². The van der Waals surface area contributed by atoms with Crippen LogP contribution in [0.25, 0.3) is 0 Å². The summed E-state index contributed by atoms with van der Waals surface area (Å²) in [5.74, 6) is -1.11. The Balaban J connectivity index is 2.14. The lowest BCUT2D eigenvalue weighted by molar-refractivity contribution is -0.160. The molecule has 1 N–H and O–H groups in total. The minimum Gasteiger partial charge on any atom is -0.452 e. The molecule has 1 aliphatic rings. The molecule has 0 unspecified atom stereocenters. The van der Waals surface area contributed by atoms with Gasteiger partial charge in [-0.3, -0.25) is 9.59 Å². The van der Waals surface area contributed by atoms with Crippen molar-refractivity contribution in [3.63, 3.8) is 0 Å². The van der Waals surface area contributed by atoms with E-state index in [0.29, 0.717) is 19.4 Å². The minimum absolute atomic E-state index is 0.323. The molecule has 1 atom stereocenters. The minimum atomic E-state index is -0.875. The molecule has 1 fully saturated rings. The molecular formula is C18H22FNO3. The molecule has 0 radical (unpaired) electrons. The molecule has 23 heavy (non-hydrogen) atoms. The standard InChI is InChI=1S/C18H22FNO3/c1-3-12-20-16(21)13(2)23-17(22)18(10-4-5-11-18)14-6-8-15(19)9-7-14/h3,6-9,13H,1,4-5,10-12H2,2H3,(H,20,21)/t13-/m1/s1. The van der Waals surface area contributed by atoms with Gasteiger partial charge in [0, 0.05) is 6.54 Å². The number of ether oxygens (including phenoxy) is 1. The van der Waals surface area contributed by atoms with E-state index in [1.54, 1.807) is 25.1 Å². The topological polar surface area (TPSA) is 55.4 Å². The van der Waals surface area contributed by atoms with Crippen LogP contribution in [0.3, 0.4) is 0 Å². The van der Waals surface area contributed by atoms with Gasteiger partial charge in [-0.05, 0) is 37.5 Å². The van der Waals surface area contributed by atoms with E-state index >= 15 is 0 Å². The number of amides is 1. The molecule has 0 spiro atoms. The van der Waals surface area contributed by atoms with E-state index in [1.165, 1.54) is 12.1 Å². The fraction of sp³-hybridized carbons (Fsp3) is 0.444. The molecule has 5 heteroatoms. The van der Waals surface area contributed by atoms with Crippen LogP contribution in [0.4, 0.5) is 4.39 Å². The average Bonchev–Trinajstić information content (AvgIpc) is 3.04. The monoisotopic (exact) mass is 319 g/mol. The predicted molar refractivity (Wildman–Crippen MR) is 85.3 cm³/mol. The smallest absolute Gasteiger partial charge is 0.317 e. The zero-order valence-electron chi connectivity index (χ0n) is 13.3. The first-order valence-corrected chi connectivity index (χ1v) is 7.85. The van der Waals surface area contributed by atoms with E-state index in [2.05, 4.69) is 11.9 Å². The van der Waals surface area contributed by atoms with Gasteiger partial charge in [0.2, 0.25) is 0 Å². The third-order valence-corrected chi connectivity index (χ3v) is 4.32. The SMILES string of the molecule is C=CCNC(=O)[C@@H](C)OC(=O)C1(c2ccc(F)cc2)CCCC1. The van der Waals surface area contributed by atoms with Crippen molar-refractivity contribution in [2.45, 2.75) is 44.1 Å². The van der Waals surface area contributed by atoms with Gasteiger partial charge in [0.05, 0.1) is 5.41 Å². The van der Waals surface area contributed by atoms with Crippen molar-refractivity contribution < 1.29 is 18.7 Å². The van der Waals surface area contributed by atoms with Gasteiger partial charge in [0.25, 0.3) is 5.91 Å². The van der Waals surface area contributed by atoms with Gasteiger partial charge >= 0.3 is 5.97 Å². The summed E-state index contributed by atoms with van der Waals surface area (Å²) in [5, 5.41) is 2.60. The van der Waals surface area contributed by atoms with Crippen LogP contribution in [-0.2, 0) is 19.7 Å². The zero-order chi connectivity index (χ0) is 16.9. The second kappa shape index (κ2) is 7.40. The first-order chi connectivity index (χ1) is 11.0. The summed E-state index contributed by atoms with van der Waals surface area (Å²) < 4.78 is 18.6. The Kier molecular flexibility index (Phi) is 5.53. The number of carbonyl (C=O) groups is 2. The van der Waals surface area contributed by atoms with E-state index in [1.807, 2.05) is 0 Å². The van der Waals surface area contributed by atoms with E-state index in [-0.39, 0.29) is 11.7 Å². The van der Waals surface area contributed by atoms with Crippen LogP contribution < -0.4 is 5.32 Å². The lowest BCUT2D eigenvalue weighted by Gasteiger charge is -2.28. The fourth-order valence-electron chi connectivity index (χ4n) is 3.00. The fourth-order valence-corrected chi connectivity index (χ4v) is 3.00. The van der Waals surface area contributed by atoms with Crippen molar-refractivity contribution in [2.75, 3.05) is 6.54 Å². The Labute approximate surface area is 135 Å². The summed E-state index contributed by atoms with van der Waals surface area (Å²) in [7, 11) is 0. The average molecular weight is 319 g/mol. The van der Waals surface area contributed by atoms with Gasteiger partial charge in [-0.25, -0.2) is 4.39 Å². The number of halogens is 1. The van der Waals surface area contributed by atoms with Crippen LogP contribution in [0.5, 0.6) is 0 Å². The summed E-state index contributed by atoms with van der Waals surface area (Å²) in [4.78, 5) is 24.6. The van der Waals surface area contributed by atoms with E-state index in [0.717, 1.165) is 18.4 Å². The highest BCUT2D eigenvalue weighted by molar-refractivity contribution is 5.88. The lowest BCUT2D eigenvalue weighted by atomic mass is 9.79. The quantitative estimate of drug-likeness (QED) is 0.648. The number of esters is 1. The Bertz CT molecular complexity index is 576. The van der Waals surface area contributed by atoms with Crippen molar-refractivity contribution in [3.05, 3.63) is 48.3 Å². The van der Waals surface area contributed by atoms with Crippen LogP contribution >= 0.6 is 0 Å². The molecular weight excluding hydrogens is 297 g/mol. The third-order valence-electron chi connectivity index (χ3n) is 4.32. The maximum Gasteiger partial charge on any atom is 0.317 e. The summed E-state index contributed by atoms with van der Waals surface area (Å²) in [6.07, 6.45) is 3.80. The highest BCUT2D eigenvalue weighted by atomic mass is 19.1. The molecule has 0 aromatic heterocycles. The second-order valence-electron chi connectivity index (χ2n) is 5.88. The molecule has 0 heterocycles. The number of carbonyl (C=O) groups excluding carboxylic acids is 2. The van der Waals surface area contributed by atoms with E-state index in [4.69, 9.17) is 4.74 Å². The van der Waals surface area contributed by atoms with Crippen molar-refractivity contribution in [2.24, 2.45) is 0 Å². The van der Waals surface area contributed by atoms with Crippen molar-refractivity contribution in [1.29, 1.82) is 0 Å². The van der Waals surface area contributed by atoms with Crippen LogP contribution in [0.1, 0.15) is 38.2 Å². The molecule has 1 aromatic carbocycles. The molecule has 0 bridgehead atoms. The summed E-state index contributed by atoms with van der Waals surface area (Å²) >= 11 is 0. The molecule has 1 saturated carbocycles. The van der Waals surface area contributed by atoms with E-state index in [9.17, 15) is 14.0 Å². The van der Waals surface area contributed by atoms with Crippen molar-refractivity contribution in [3.8, 4) is 0 Å². The van der Waals surface area contributed by atoms with Gasteiger partial charge in [0.15, 0.2) is 6.10 Å². The number of hydrogen-bond donors (Lipinski definition) is 1. The zero-order valence-corrected chi connectivity index (χ0v) is 13.3. The largest absolute Gasteiger partial charge is 0.452 e. The highest BCUT2D eigenvalue weighted by Crippen LogP contribution is 2.42.